The second-order valence-electron chi connectivity index (χ2n) is 15.3. The topological polar surface area (TPSA) is 172 Å². The lowest BCUT2D eigenvalue weighted by Gasteiger charge is -2.34. The van der Waals surface area contributed by atoms with E-state index >= 15 is 8.78 Å². The fourth-order valence-electron chi connectivity index (χ4n) is 7.41. The summed E-state index contributed by atoms with van der Waals surface area (Å²) in [7, 11) is 1.19. The standard InChI is InChI=1S/C43H51F2N5O8/c1-24(2)34(39(53)48-35(25(3)4)41(55)57-6)47-38(52)33-21-14-22-50(33)40(54)36(43(44,45)27-15-8-7-9-16-27)49-37(51)26(5)46-42(56)58-23-32-30-19-12-10-17-28(30)29-18-11-13-20-31(29)32/h7-13,15-20,24-26,32-36H,14,21-23H2,1-6H3,(H,46,56)(H,47,52)(H,48,53)(H,49,51)/t26-,33-,34-,35-,36+/m0/s1. The van der Waals surface area contributed by atoms with E-state index in [-0.39, 0.29) is 37.8 Å². The lowest BCUT2D eigenvalue weighted by atomic mass is 9.98. The van der Waals surface area contributed by atoms with Gasteiger partial charge in [-0.2, -0.15) is 8.78 Å². The Hall–Kier alpha value is -5.86. The number of nitrogens with zero attached hydrogens (tertiary/aromatic N) is 1. The SMILES string of the molecule is COC(=O)[C@@H](NC(=O)[C@@H](NC(=O)[C@@H]1CCCN1C(=O)[C@@H](NC(=O)[C@H](C)NC(=O)OCC1c2ccccc2-c2ccccc21)C(F)(F)c1ccccc1)C(C)C)C(C)C. The van der Waals surface area contributed by atoms with Gasteiger partial charge in [0, 0.05) is 18.0 Å². The van der Waals surface area contributed by atoms with Crippen molar-refractivity contribution in [2.45, 2.75) is 89.5 Å². The largest absolute Gasteiger partial charge is 0.467 e. The summed E-state index contributed by atoms with van der Waals surface area (Å²) in [6, 6.07) is 14.7. The van der Waals surface area contributed by atoms with E-state index in [9.17, 15) is 28.8 Å². The number of rotatable bonds is 15. The highest BCUT2D eigenvalue weighted by molar-refractivity contribution is 5.97. The number of carbonyl (C=O) groups excluding carboxylic acids is 6. The fraction of sp³-hybridized carbons (Fsp3) is 0.442. The van der Waals surface area contributed by atoms with Crippen LogP contribution >= 0.6 is 0 Å². The van der Waals surface area contributed by atoms with Crippen LogP contribution in [0.25, 0.3) is 11.1 Å². The molecule has 58 heavy (non-hydrogen) atoms. The molecule has 0 unspecified atom stereocenters. The van der Waals surface area contributed by atoms with Crippen LogP contribution in [0.2, 0.25) is 0 Å². The number of hydrogen-bond acceptors (Lipinski definition) is 8. The zero-order valence-corrected chi connectivity index (χ0v) is 33.4. The quantitative estimate of drug-likeness (QED) is 0.161. The molecule has 3 aromatic rings. The van der Waals surface area contributed by atoms with Gasteiger partial charge < -0.3 is 35.6 Å². The molecule has 2 aliphatic rings. The normalized spacial score (nSPS) is 17.0. The summed E-state index contributed by atoms with van der Waals surface area (Å²) in [5.41, 5.74) is 3.43. The lowest BCUT2D eigenvalue weighted by Crippen LogP contribution is -2.62. The Morgan fingerprint density at radius 3 is 1.88 bits per heavy atom. The van der Waals surface area contributed by atoms with E-state index in [2.05, 4.69) is 21.3 Å². The van der Waals surface area contributed by atoms with Gasteiger partial charge in [0.2, 0.25) is 17.7 Å². The molecule has 5 amide bonds. The first-order valence-electron chi connectivity index (χ1n) is 19.4. The molecule has 5 rings (SSSR count). The fourth-order valence-corrected chi connectivity index (χ4v) is 7.41. The van der Waals surface area contributed by atoms with Gasteiger partial charge in [-0.1, -0.05) is 107 Å². The maximum absolute atomic E-state index is 16.4. The Kier molecular flexibility index (Phi) is 13.9. The van der Waals surface area contributed by atoms with Crippen molar-refractivity contribution in [1.29, 1.82) is 0 Å². The molecule has 1 aliphatic heterocycles. The monoisotopic (exact) mass is 803 g/mol. The number of benzene rings is 3. The van der Waals surface area contributed by atoms with Gasteiger partial charge >= 0.3 is 18.0 Å². The number of hydrogen-bond donors (Lipinski definition) is 4. The van der Waals surface area contributed by atoms with Crippen LogP contribution in [0.4, 0.5) is 13.6 Å². The van der Waals surface area contributed by atoms with Crippen molar-refractivity contribution in [3.05, 3.63) is 95.6 Å². The van der Waals surface area contributed by atoms with Crippen LogP contribution in [0, 0.1) is 11.8 Å². The van der Waals surface area contributed by atoms with Gasteiger partial charge in [0.25, 0.3) is 5.91 Å². The van der Waals surface area contributed by atoms with E-state index in [0.29, 0.717) is 0 Å². The minimum absolute atomic E-state index is 0.0529. The molecule has 0 bridgehead atoms. The first-order valence-corrected chi connectivity index (χ1v) is 19.4. The number of fused-ring (bicyclic) bond motifs is 3. The van der Waals surface area contributed by atoms with Gasteiger partial charge in [-0.25, -0.2) is 9.59 Å². The predicted molar refractivity (Wildman–Crippen MR) is 210 cm³/mol. The van der Waals surface area contributed by atoms with Gasteiger partial charge in [0.15, 0.2) is 6.04 Å². The molecule has 1 fully saturated rings. The van der Waals surface area contributed by atoms with E-state index in [1.807, 2.05) is 48.5 Å². The van der Waals surface area contributed by atoms with Crippen LogP contribution in [0.1, 0.15) is 70.1 Å². The highest BCUT2D eigenvalue weighted by Crippen LogP contribution is 2.44. The molecule has 1 aliphatic carbocycles. The molecule has 310 valence electrons. The molecular formula is C43H51F2N5O8. The summed E-state index contributed by atoms with van der Waals surface area (Å²) in [6.45, 7) is 7.91. The van der Waals surface area contributed by atoms with Crippen molar-refractivity contribution in [3.8, 4) is 11.1 Å². The zero-order chi connectivity index (χ0) is 42.3. The Balaban J connectivity index is 1.29. The average Bonchev–Trinajstić information content (AvgIpc) is 3.83. The number of alkyl halides is 2. The van der Waals surface area contributed by atoms with Crippen LogP contribution in [0.3, 0.4) is 0 Å². The van der Waals surface area contributed by atoms with Crippen molar-refractivity contribution < 1.29 is 47.0 Å². The summed E-state index contributed by atoms with van der Waals surface area (Å²) in [5, 5.41) is 9.80. The first kappa shape index (κ1) is 43.3. The number of alkyl carbamates (subject to hydrolysis) is 1. The van der Waals surface area contributed by atoms with Gasteiger partial charge in [-0.05, 0) is 53.9 Å². The summed E-state index contributed by atoms with van der Waals surface area (Å²) in [5.74, 6) is -9.46. The smallest absolute Gasteiger partial charge is 0.407 e. The maximum Gasteiger partial charge on any atom is 0.407 e. The Morgan fingerprint density at radius 1 is 0.741 bits per heavy atom. The number of ether oxygens (including phenoxy) is 2. The number of halogens is 2. The van der Waals surface area contributed by atoms with Gasteiger partial charge in [-0.15, -0.1) is 0 Å². The molecular weight excluding hydrogens is 752 g/mol. The molecule has 0 saturated carbocycles. The first-order chi connectivity index (χ1) is 27.6. The number of amides is 5. The van der Waals surface area contributed by atoms with Gasteiger partial charge in [0.05, 0.1) is 7.11 Å². The highest BCUT2D eigenvalue weighted by Gasteiger charge is 2.51. The summed E-state index contributed by atoms with van der Waals surface area (Å²) < 4.78 is 43.2. The van der Waals surface area contributed by atoms with E-state index in [4.69, 9.17) is 9.47 Å². The third-order valence-electron chi connectivity index (χ3n) is 10.6. The minimum atomic E-state index is -3.97. The van der Waals surface area contributed by atoms with Crippen molar-refractivity contribution in [2.24, 2.45) is 11.8 Å². The zero-order valence-electron chi connectivity index (χ0n) is 33.4. The van der Waals surface area contributed by atoms with Crippen molar-refractivity contribution in [3.63, 3.8) is 0 Å². The minimum Gasteiger partial charge on any atom is -0.467 e. The highest BCUT2D eigenvalue weighted by atomic mass is 19.3. The number of methoxy groups -OCH3 is 1. The molecule has 15 heteroatoms. The molecule has 13 nitrogen and oxygen atoms in total. The van der Waals surface area contributed by atoms with Crippen molar-refractivity contribution >= 4 is 35.7 Å². The maximum atomic E-state index is 16.4. The van der Waals surface area contributed by atoms with Crippen LogP contribution in [-0.4, -0.2) is 91.1 Å². The number of likely N-dealkylation sites (tertiary alicyclic amines) is 1. The van der Waals surface area contributed by atoms with Crippen LogP contribution in [0.5, 0.6) is 0 Å². The molecule has 0 radical (unpaired) electrons. The Morgan fingerprint density at radius 2 is 1.31 bits per heavy atom. The van der Waals surface area contributed by atoms with Gasteiger partial charge in [0.1, 0.15) is 30.8 Å². The lowest BCUT2D eigenvalue weighted by molar-refractivity contribution is -0.153. The van der Waals surface area contributed by atoms with Crippen LogP contribution in [0.15, 0.2) is 78.9 Å². The Labute approximate surface area is 336 Å². The summed E-state index contributed by atoms with van der Waals surface area (Å²) >= 11 is 0. The van der Waals surface area contributed by atoms with Gasteiger partial charge in [-0.3, -0.25) is 19.2 Å². The van der Waals surface area contributed by atoms with E-state index in [1.54, 1.807) is 27.7 Å². The molecule has 0 aromatic heterocycles. The number of carbonyl (C=O) groups is 6. The van der Waals surface area contributed by atoms with E-state index in [0.717, 1.165) is 39.3 Å². The predicted octanol–water partition coefficient (Wildman–Crippen LogP) is 4.64. The summed E-state index contributed by atoms with van der Waals surface area (Å²) in [6.07, 6.45) is -0.594. The molecule has 1 saturated heterocycles. The molecule has 1 heterocycles. The second-order valence-corrected chi connectivity index (χ2v) is 15.3. The number of nitrogens with one attached hydrogen (secondary N) is 4. The van der Waals surface area contributed by atoms with Crippen molar-refractivity contribution in [1.82, 2.24) is 26.2 Å². The third-order valence-corrected chi connectivity index (χ3v) is 10.6. The molecule has 4 N–H and O–H groups in total. The average molecular weight is 804 g/mol. The summed E-state index contributed by atoms with van der Waals surface area (Å²) in [4.78, 5) is 81.1. The molecule has 0 spiro atoms. The van der Waals surface area contributed by atoms with E-state index in [1.165, 1.54) is 32.2 Å². The van der Waals surface area contributed by atoms with E-state index < -0.39 is 83.3 Å². The Bertz CT molecular complexity index is 1950. The second kappa shape index (κ2) is 18.6. The third kappa shape index (κ3) is 9.46. The van der Waals surface area contributed by atoms with Crippen LogP contribution < -0.4 is 21.3 Å². The van der Waals surface area contributed by atoms with Crippen LogP contribution in [-0.2, 0) is 39.4 Å². The molecule has 5 atom stereocenters. The van der Waals surface area contributed by atoms with Crippen molar-refractivity contribution in [2.75, 3.05) is 20.3 Å². The molecule has 3 aromatic carbocycles. The number of esters is 1.